The van der Waals surface area contributed by atoms with E-state index < -0.39 is 5.97 Å². The number of carbonyl (C=O) groups is 2. The number of carboxylic acids is 1. The molecular formula is C14H21N3O3. The van der Waals surface area contributed by atoms with Crippen molar-refractivity contribution in [2.45, 2.75) is 39.2 Å². The summed E-state index contributed by atoms with van der Waals surface area (Å²) in [5.41, 5.74) is 0.0597. The van der Waals surface area contributed by atoms with Crippen LogP contribution in [0.3, 0.4) is 0 Å². The van der Waals surface area contributed by atoms with E-state index in [0.717, 1.165) is 12.8 Å². The minimum Gasteiger partial charge on any atom is -0.478 e. The molecule has 1 aromatic rings. The number of amides is 1. The molecule has 110 valence electrons. The van der Waals surface area contributed by atoms with Crippen molar-refractivity contribution in [2.75, 3.05) is 0 Å². The maximum absolute atomic E-state index is 12.3. The Hall–Kier alpha value is -1.85. The number of nitrogens with one attached hydrogen (secondary N) is 1. The van der Waals surface area contributed by atoms with E-state index >= 15 is 0 Å². The molecule has 1 saturated carbocycles. The molecule has 6 heteroatoms. The van der Waals surface area contributed by atoms with Crippen LogP contribution in [0, 0.1) is 11.8 Å². The van der Waals surface area contributed by atoms with E-state index in [0.29, 0.717) is 11.8 Å². The summed E-state index contributed by atoms with van der Waals surface area (Å²) < 4.78 is 1.32. The van der Waals surface area contributed by atoms with Crippen molar-refractivity contribution in [2.24, 2.45) is 18.9 Å². The average molecular weight is 279 g/mol. The van der Waals surface area contributed by atoms with Crippen LogP contribution < -0.4 is 5.32 Å². The van der Waals surface area contributed by atoms with E-state index in [1.54, 1.807) is 7.05 Å². The van der Waals surface area contributed by atoms with Crippen molar-refractivity contribution in [3.8, 4) is 0 Å². The van der Waals surface area contributed by atoms with Crippen LogP contribution in [0.15, 0.2) is 6.20 Å². The number of hydrogen-bond donors (Lipinski definition) is 2. The molecule has 1 fully saturated rings. The molecule has 1 amide bonds. The largest absolute Gasteiger partial charge is 0.478 e. The third-order valence-corrected chi connectivity index (χ3v) is 4.41. The number of hydrogen-bond acceptors (Lipinski definition) is 3. The second-order valence-electron chi connectivity index (χ2n) is 5.68. The maximum Gasteiger partial charge on any atom is 0.339 e. The topological polar surface area (TPSA) is 84.2 Å². The second kappa shape index (κ2) is 5.64. The Morgan fingerprint density at radius 3 is 2.75 bits per heavy atom. The van der Waals surface area contributed by atoms with Gasteiger partial charge in [0.15, 0.2) is 0 Å². The van der Waals surface area contributed by atoms with Gasteiger partial charge in [0.2, 0.25) is 0 Å². The molecule has 0 aliphatic heterocycles. The summed E-state index contributed by atoms with van der Waals surface area (Å²) in [6, 6.07) is 0.0998. The molecule has 2 N–H and O–H groups in total. The molecule has 6 nitrogen and oxygen atoms in total. The summed E-state index contributed by atoms with van der Waals surface area (Å²) in [4.78, 5) is 23.5. The zero-order valence-corrected chi connectivity index (χ0v) is 12.1. The van der Waals surface area contributed by atoms with E-state index in [-0.39, 0.29) is 23.2 Å². The van der Waals surface area contributed by atoms with Gasteiger partial charge in [-0.15, -0.1) is 0 Å². The van der Waals surface area contributed by atoms with Gasteiger partial charge in [-0.1, -0.05) is 26.7 Å². The first-order valence-corrected chi connectivity index (χ1v) is 6.98. The second-order valence-corrected chi connectivity index (χ2v) is 5.68. The van der Waals surface area contributed by atoms with Crippen LogP contribution in [-0.2, 0) is 7.05 Å². The van der Waals surface area contributed by atoms with Crippen LogP contribution in [0.2, 0.25) is 0 Å². The van der Waals surface area contributed by atoms with Crippen molar-refractivity contribution in [3.05, 3.63) is 17.5 Å². The van der Waals surface area contributed by atoms with Crippen molar-refractivity contribution >= 4 is 11.9 Å². The molecule has 0 radical (unpaired) electrons. The van der Waals surface area contributed by atoms with Crippen LogP contribution in [0.1, 0.15) is 54.0 Å². The SMILES string of the molecule is C[C@@H]1[C@H](C)CCC[C@H]1NC(=O)c1c(C(=O)O)cnn1C. The summed E-state index contributed by atoms with van der Waals surface area (Å²) in [5.74, 6) is -0.518. The number of aromatic carboxylic acids is 1. The minimum atomic E-state index is -1.13. The van der Waals surface area contributed by atoms with E-state index in [2.05, 4.69) is 24.3 Å². The quantitative estimate of drug-likeness (QED) is 0.881. The molecule has 0 bridgehead atoms. The molecule has 1 aliphatic carbocycles. The Labute approximate surface area is 118 Å². The monoisotopic (exact) mass is 279 g/mol. The van der Waals surface area contributed by atoms with Crippen LogP contribution >= 0.6 is 0 Å². The third-order valence-electron chi connectivity index (χ3n) is 4.41. The van der Waals surface area contributed by atoms with Gasteiger partial charge in [0.1, 0.15) is 11.3 Å². The average Bonchev–Trinajstić information content (AvgIpc) is 2.77. The third kappa shape index (κ3) is 2.69. The van der Waals surface area contributed by atoms with Gasteiger partial charge in [-0.25, -0.2) is 4.79 Å². The summed E-state index contributed by atoms with van der Waals surface area (Å²) in [6.07, 6.45) is 4.43. The van der Waals surface area contributed by atoms with Crippen molar-refractivity contribution in [1.82, 2.24) is 15.1 Å². The van der Waals surface area contributed by atoms with Gasteiger partial charge >= 0.3 is 5.97 Å². The van der Waals surface area contributed by atoms with Gasteiger partial charge in [-0.3, -0.25) is 9.48 Å². The number of rotatable bonds is 3. The van der Waals surface area contributed by atoms with E-state index in [1.165, 1.54) is 17.3 Å². The fourth-order valence-corrected chi connectivity index (χ4v) is 2.89. The van der Waals surface area contributed by atoms with Crippen molar-refractivity contribution < 1.29 is 14.7 Å². The lowest BCUT2D eigenvalue weighted by molar-refractivity contribution is 0.0688. The highest BCUT2D eigenvalue weighted by atomic mass is 16.4. The molecule has 1 aromatic heterocycles. The lowest BCUT2D eigenvalue weighted by atomic mass is 9.78. The first-order chi connectivity index (χ1) is 9.41. The van der Waals surface area contributed by atoms with Crippen molar-refractivity contribution in [1.29, 1.82) is 0 Å². The van der Waals surface area contributed by atoms with E-state index in [4.69, 9.17) is 5.11 Å². The Morgan fingerprint density at radius 1 is 1.40 bits per heavy atom. The molecule has 0 spiro atoms. The first-order valence-electron chi connectivity index (χ1n) is 6.98. The predicted octanol–water partition coefficient (Wildman–Crippen LogP) is 1.67. The number of aromatic nitrogens is 2. The smallest absolute Gasteiger partial charge is 0.339 e. The maximum atomic E-state index is 12.3. The van der Waals surface area contributed by atoms with Gasteiger partial charge in [0.05, 0.1) is 6.20 Å². The molecule has 2 rings (SSSR count). The molecule has 1 heterocycles. The lowest BCUT2D eigenvalue weighted by Gasteiger charge is -2.34. The van der Waals surface area contributed by atoms with Crippen LogP contribution in [0.25, 0.3) is 0 Å². The molecular weight excluding hydrogens is 258 g/mol. The Balaban J connectivity index is 2.16. The number of carboxylic acid groups (broad SMARTS) is 1. The fourth-order valence-electron chi connectivity index (χ4n) is 2.89. The zero-order chi connectivity index (χ0) is 14.9. The number of carbonyl (C=O) groups excluding carboxylic acids is 1. The van der Waals surface area contributed by atoms with Gasteiger partial charge < -0.3 is 10.4 Å². The standard InChI is InChI=1S/C14H21N3O3/c1-8-5-4-6-11(9(8)2)16-13(18)12-10(14(19)20)7-15-17(12)3/h7-9,11H,4-6H2,1-3H3,(H,16,18)(H,19,20)/t8-,9-,11-/m1/s1. The summed E-state index contributed by atoms with van der Waals surface area (Å²) in [7, 11) is 1.58. The van der Waals surface area contributed by atoms with E-state index in [9.17, 15) is 9.59 Å². The molecule has 20 heavy (non-hydrogen) atoms. The van der Waals surface area contributed by atoms with Gasteiger partial charge in [-0.2, -0.15) is 5.10 Å². The minimum absolute atomic E-state index is 0.0542. The van der Waals surface area contributed by atoms with Gasteiger partial charge in [0.25, 0.3) is 5.91 Å². The molecule has 1 aliphatic rings. The van der Waals surface area contributed by atoms with Gasteiger partial charge in [-0.05, 0) is 18.3 Å². The Bertz CT molecular complexity index is 524. The number of aryl methyl sites for hydroxylation is 1. The zero-order valence-electron chi connectivity index (χ0n) is 12.1. The molecule has 0 unspecified atom stereocenters. The molecule has 3 atom stereocenters. The fraction of sp³-hybridized carbons (Fsp3) is 0.643. The molecule has 0 aromatic carbocycles. The van der Waals surface area contributed by atoms with Crippen LogP contribution in [0.4, 0.5) is 0 Å². The van der Waals surface area contributed by atoms with Crippen LogP contribution in [-0.4, -0.2) is 32.8 Å². The normalized spacial score (nSPS) is 26.2. The number of nitrogens with zero attached hydrogens (tertiary/aromatic N) is 2. The predicted molar refractivity (Wildman–Crippen MR) is 73.6 cm³/mol. The Kier molecular flexibility index (Phi) is 4.11. The highest BCUT2D eigenvalue weighted by molar-refractivity contribution is 6.03. The van der Waals surface area contributed by atoms with Gasteiger partial charge in [0, 0.05) is 13.1 Å². The highest BCUT2D eigenvalue weighted by Crippen LogP contribution is 2.29. The molecule has 0 saturated heterocycles. The van der Waals surface area contributed by atoms with Crippen LogP contribution in [0.5, 0.6) is 0 Å². The Morgan fingerprint density at radius 2 is 2.10 bits per heavy atom. The first kappa shape index (κ1) is 14.6. The summed E-state index contributed by atoms with van der Waals surface area (Å²) in [5, 5.41) is 15.9. The lowest BCUT2D eigenvalue weighted by Crippen LogP contribution is -2.44. The summed E-state index contributed by atoms with van der Waals surface area (Å²) >= 11 is 0. The summed E-state index contributed by atoms with van der Waals surface area (Å²) in [6.45, 7) is 4.33. The highest BCUT2D eigenvalue weighted by Gasteiger charge is 2.30. The van der Waals surface area contributed by atoms with E-state index in [1.807, 2.05) is 0 Å². The van der Waals surface area contributed by atoms with Crippen molar-refractivity contribution in [3.63, 3.8) is 0 Å².